The number of ketones is 1. The Bertz CT molecular complexity index is 298. The quantitative estimate of drug-likeness (QED) is 0.589. The Morgan fingerprint density at radius 2 is 2.06 bits per heavy atom. The van der Waals surface area contributed by atoms with Crippen molar-refractivity contribution in [2.45, 2.75) is 51.5 Å². The molecular weight excluding hydrogens is 202 g/mol. The predicted molar refractivity (Wildman–Crippen MR) is 64.0 cm³/mol. The maximum atomic E-state index is 11.8. The lowest BCUT2D eigenvalue weighted by molar-refractivity contribution is -0.130. The highest BCUT2D eigenvalue weighted by molar-refractivity contribution is 5.90. The zero-order chi connectivity index (χ0) is 12.2. The highest BCUT2D eigenvalue weighted by Gasteiger charge is 2.38. The van der Waals surface area contributed by atoms with Crippen LogP contribution in [0.2, 0.25) is 0 Å². The van der Waals surface area contributed by atoms with Crippen LogP contribution in [0.15, 0.2) is 12.7 Å². The molecule has 1 aliphatic rings. The number of nitrogens with one attached hydrogen (secondary N) is 1. The SMILES string of the molecule is C=CC1CCCCC(NC(C)=O)(C(C)=O)C1. The Morgan fingerprint density at radius 1 is 1.38 bits per heavy atom. The summed E-state index contributed by atoms with van der Waals surface area (Å²) in [6.07, 6.45) is 6.52. The lowest BCUT2D eigenvalue weighted by atomic mass is 9.82. The summed E-state index contributed by atoms with van der Waals surface area (Å²) in [6, 6.07) is 0. The Hall–Kier alpha value is -1.12. The maximum Gasteiger partial charge on any atom is 0.217 e. The summed E-state index contributed by atoms with van der Waals surface area (Å²) in [5.41, 5.74) is -0.652. The normalized spacial score (nSPS) is 30.2. The number of carbonyl (C=O) groups is 2. The second kappa shape index (κ2) is 5.28. The van der Waals surface area contributed by atoms with Crippen molar-refractivity contribution in [1.82, 2.24) is 5.32 Å². The number of hydrogen-bond acceptors (Lipinski definition) is 2. The van der Waals surface area contributed by atoms with Gasteiger partial charge in [0.2, 0.25) is 5.91 Å². The van der Waals surface area contributed by atoms with Gasteiger partial charge in [0.1, 0.15) is 0 Å². The zero-order valence-electron chi connectivity index (χ0n) is 10.2. The van der Waals surface area contributed by atoms with Crippen molar-refractivity contribution >= 4 is 11.7 Å². The molecule has 0 radical (unpaired) electrons. The molecule has 0 aliphatic heterocycles. The third kappa shape index (κ3) is 2.94. The number of carbonyl (C=O) groups excluding carboxylic acids is 2. The van der Waals surface area contributed by atoms with Gasteiger partial charge in [-0.25, -0.2) is 0 Å². The van der Waals surface area contributed by atoms with Gasteiger partial charge in [0.25, 0.3) is 0 Å². The number of rotatable bonds is 3. The maximum absolute atomic E-state index is 11.8. The average molecular weight is 223 g/mol. The summed E-state index contributed by atoms with van der Waals surface area (Å²) in [7, 11) is 0. The van der Waals surface area contributed by atoms with Crippen molar-refractivity contribution in [1.29, 1.82) is 0 Å². The van der Waals surface area contributed by atoms with Crippen molar-refractivity contribution in [3.63, 3.8) is 0 Å². The highest BCUT2D eigenvalue weighted by Crippen LogP contribution is 2.32. The summed E-state index contributed by atoms with van der Waals surface area (Å²) in [5, 5.41) is 2.86. The minimum Gasteiger partial charge on any atom is -0.344 e. The molecule has 1 rings (SSSR count). The first-order chi connectivity index (χ1) is 7.50. The van der Waals surface area contributed by atoms with Crippen LogP contribution in [-0.4, -0.2) is 17.2 Å². The van der Waals surface area contributed by atoms with Gasteiger partial charge in [0, 0.05) is 6.92 Å². The monoisotopic (exact) mass is 223 g/mol. The van der Waals surface area contributed by atoms with E-state index in [1.54, 1.807) is 6.92 Å². The Labute approximate surface area is 97.3 Å². The van der Waals surface area contributed by atoms with Gasteiger partial charge in [-0.2, -0.15) is 0 Å². The van der Waals surface area contributed by atoms with Crippen molar-refractivity contribution in [2.75, 3.05) is 0 Å². The van der Waals surface area contributed by atoms with E-state index < -0.39 is 5.54 Å². The highest BCUT2D eigenvalue weighted by atomic mass is 16.2. The van der Waals surface area contributed by atoms with Crippen molar-refractivity contribution < 1.29 is 9.59 Å². The van der Waals surface area contributed by atoms with E-state index in [0.717, 1.165) is 25.7 Å². The molecule has 90 valence electrons. The van der Waals surface area contributed by atoms with Gasteiger partial charge in [-0.1, -0.05) is 18.9 Å². The fourth-order valence-corrected chi connectivity index (χ4v) is 2.54. The van der Waals surface area contributed by atoms with Crippen LogP contribution in [0, 0.1) is 5.92 Å². The molecule has 2 atom stereocenters. The second-order valence-electron chi connectivity index (χ2n) is 4.77. The summed E-state index contributed by atoms with van der Waals surface area (Å²) in [5.74, 6) is 0.273. The third-order valence-electron chi connectivity index (χ3n) is 3.46. The molecule has 0 aromatic rings. The van der Waals surface area contributed by atoms with Crippen LogP contribution in [0.5, 0.6) is 0 Å². The summed E-state index contributed by atoms with van der Waals surface area (Å²) in [4.78, 5) is 23.1. The molecule has 0 aromatic heterocycles. The van der Waals surface area contributed by atoms with Gasteiger partial charge in [-0.15, -0.1) is 6.58 Å². The smallest absolute Gasteiger partial charge is 0.217 e. The van der Waals surface area contributed by atoms with E-state index in [0.29, 0.717) is 12.3 Å². The first kappa shape index (κ1) is 12.9. The molecule has 1 fully saturated rings. The fraction of sp³-hybridized carbons (Fsp3) is 0.692. The van der Waals surface area contributed by atoms with Gasteiger partial charge >= 0.3 is 0 Å². The molecule has 0 saturated heterocycles. The number of Topliss-reactive ketones (excluding diaryl/α,β-unsaturated/α-hetero) is 1. The fourth-order valence-electron chi connectivity index (χ4n) is 2.54. The molecule has 1 aliphatic carbocycles. The van der Waals surface area contributed by atoms with Gasteiger partial charge in [-0.05, 0) is 32.1 Å². The van der Waals surface area contributed by atoms with E-state index in [1.807, 2.05) is 6.08 Å². The lowest BCUT2D eigenvalue weighted by Gasteiger charge is -2.32. The molecule has 0 spiro atoms. The van der Waals surface area contributed by atoms with Crippen LogP contribution in [0.3, 0.4) is 0 Å². The summed E-state index contributed by atoms with van der Waals surface area (Å²) < 4.78 is 0. The minimum absolute atomic E-state index is 0.0662. The second-order valence-corrected chi connectivity index (χ2v) is 4.77. The summed E-state index contributed by atoms with van der Waals surface area (Å²) in [6.45, 7) is 6.85. The van der Waals surface area contributed by atoms with Crippen LogP contribution < -0.4 is 5.32 Å². The van der Waals surface area contributed by atoms with Crippen molar-refractivity contribution in [3.8, 4) is 0 Å². The van der Waals surface area contributed by atoms with Gasteiger partial charge in [-0.3, -0.25) is 9.59 Å². The first-order valence-corrected chi connectivity index (χ1v) is 5.92. The Morgan fingerprint density at radius 3 is 2.56 bits per heavy atom. The molecule has 3 heteroatoms. The molecule has 16 heavy (non-hydrogen) atoms. The van der Waals surface area contributed by atoms with Crippen LogP contribution >= 0.6 is 0 Å². The lowest BCUT2D eigenvalue weighted by Crippen LogP contribution is -2.53. The van der Waals surface area contributed by atoms with Crippen LogP contribution in [-0.2, 0) is 9.59 Å². The predicted octanol–water partition coefficient (Wildman–Crippen LogP) is 2.22. The summed E-state index contributed by atoms with van der Waals surface area (Å²) >= 11 is 0. The topological polar surface area (TPSA) is 46.2 Å². The standard InChI is InChI=1S/C13H21NO2/c1-4-12-7-5-6-8-13(9-12,10(2)15)14-11(3)16/h4,12H,1,5-9H2,2-3H3,(H,14,16). The van der Waals surface area contributed by atoms with Gasteiger partial charge in [0.05, 0.1) is 5.54 Å². The largest absolute Gasteiger partial charge is 0.344 e. The molecule has 0 aromatic carbocycles. The first-order valence-electron chi connectivity index (χ1n) is 5.92. The van der Waals surface area contributed by atoms with Crippen LogP contribution in [0.1, 0.15) is 46.0 Å². The number of amides is 1. The zero-order valence-corrected chi connectivity index (χ0v) is 10.2. The van der Waals surface area contributed by atoms with E-state index in [9.17, 15) is 9.59 Å². The molecular formula is C13H21NO2. The minimum atomic E-state index is -0.652. The van der Waals surface area contributed by atoms with E-state index >= 15 is 0 Å². The van der Waals surface area contributed by atoms with Crippen molar-refractivity contribution in [3.05, 3.63) is 12.7 Å². The van der Waals surface area contributed by atoms with E-state index in [2.05, 4.69) is 11.9 Å². The molecule has 2 unspecified atom stereocenters. The van der Waals surface area contributed by atoms with E-state index in [4.69, 9.17) is 0 Å². The van der Waals surface area contributed by atoms with Crippen LogP contribution in [0.4, 0.5) is 0 Å². The van der Waals surface area contributed by atoms with Gasteiger partial charge in [0.15, 0.2) is 5.78 Å². The molecule has 0 bridgehead atoms. The van der Waals surface area contributed by atoms with E-state index in [1.165, 1.54) is 6.92 Å². The van der Waals surface area contributed by atoms with Crippen LogP contribution in [0.25, 0.3) is 0 Å². The third-order valence-corrected chi connectivity index (χ3v) is 3.46. The number of hydrogen-bond donors (Lipinski definition) is 1. The molecule has 0 heterocycles. The Balaban J connectivity index is 2.92. The molecule has 1 amide bonds. The molecule has 1 saturated carbocycles. The number of allylic oxidation sites excluding steroid dienone is 1. The average Bonchev–Trinajstić information content (AvgIpc) is 2.40. The molecule has 1 N–H and O–H groups in total. The van der Waals surface area contributed by atoms with Gasteiger partial charge < -0.3 is 5.32 Å². The van der Waals surface area contributed by atoms with E-state index in [-0.39, 0.29) is 11.7 Å². The Kier molecular flexibility index (Phi) is 4.27. The van der Waals surface area contributed by atoms with Crippen molar-refractivity contribution in [2.24, 2.45) is 5.92 Å². The molecule has 3 nitrogen and oxygen atoms in total.